The maximum Gasteiger partial charge on any atom is 0.271 e. The van der Waals surface area contributed by atoms with E-state index in [9.17, 15) is 4.79 Å². The highest BCUT2D eigenvalue weighted by Gasteiger charge is 2.24. The van der Waals surface area contributed by atoms with E-state index < -0.39 is 0 Å². The molecule has 21 heavy (non-hydrogen) atoms. The number of nitrogens with zero attached hydrogens (tertiary/aromatic N) is 4. The fourth-order valence-electron chi connectivity index (χ4n) is 2.46. The van der Waals surface area contributed by atoms with Gasteiger partial charge in [-0.1, -0.05) is 0 Å². The minimum atomic E-state index is 0.0149. The number of imidazole rings is 1. The predicted molar refractivity (Wildman–Crippen MR) is 77.9 cm³/mol. The van der Waals surface area contributed by atoms with Crippen LogP contribution in [0.5, 0.6) is 0 Å². The predicted octanol–water partition coefficient (Wildman–Crippen LogP) is 1.22. The fraction of sp³-hybridized carbons (Fsp3) is 0.429. The van der Waals surface area contributed by atoms with Gasteiger partial charge in [0.05, 0.1) is 18.2 Å². The van der Waals surface area contributed by atoms with Crippen molar-refractivity contribution in [3.8, 4) is 0 Å². The summed E-state index contributed by atoms with van der Waals surface area (Å²) in [5, 5.41) is 11.5. The van der Waals surface area contributed by atoms with E-state index in [1.807, 2.05) is 24.0 Å². The van der Waals surface area contributed by atoms with Crippen molar-refractivity contribution < 1.29 is 4.79 Å². The molecule has 7 nitrogen and oxygen atoms in total. The Hall–Kier alpha value is -2.44. The summed E-state index contributed by atoms with van der Waals surface area (Å²) in [5.41, 5.74) is 1.45. The third-order valence-corrected chi connectivity index (χ3v) is 3.66. The molecule has 0 spiro atoms. The van der Waals surface area contributed by atoms with Crippen molar-refractivity contribution in [1.82, 2.24) is 25.1 Å². The highest BCUT2D eigenvalue weighted by molar-refractivity contribution is 5.92. The third-order valence-electron chi connectivity index (χ3n) is 3.66. The number of H-pyrrole nitrogens is 1. The Labute approximate surface area is 122 Å². The first-order valence-corrected chi connectivity index (χ1v) is 7.07. The summed E-state index contributed by atoms with van der Waals surface area (Å²) in [5.74, 6) is 0.806. The fourth-order valence-corrected chi connectivity index (χ4v) is 2.46. The van der Waals surface area contributed by atoms with Crippen LogP contribution in [-0.2, 0) is 0 Å². The molecule has 2 aromatic heterocycles. The van der Waals surface area contributed by atoms with E-state index in [0.29, 0.717) is 11.7 Å². The molecule has 0 atom stereocenters. The number of hydrogen-bond acceptors (Lipinski definition) is 5. The maximum atomic E-state index is 12.2. The molecule has 0 bridgehead atoms. The number of likely N-dealkylation sites (tertiary alicyclic amines) is 1. The number of amides is 1. The number of aromatic amines is 1. The molecule has 2 N–H and O–H groups in total. The molecule has 1 amide bonds. The average Bonchev–Trinajstić information content (AvgIpc) is 3.04. The van der Waals surface area contributed by atoms with Gasteiger partial charge in [0, 0.05) is 19.1 Å². The Morgan fingerprint density at radius 2 is 2.14 bits per heavy atom. The largest absolute Gasteiger partial charge is 0.366 e. The summed E-state index contributed by atoms with van der Waals surface area (Å²) in [6, 6.07) is 4.20. The van der Waals surface area contributed by atoms with Gasteiger partial charge in [-0.05, 0) is 31.9 Å². The van der Waals surface area contributed by atoms with Crippen molar-refractivity contribution >= 4 is 11.7 Å². The molecule has 3 heterocycles. The standard InChI is InChI=1S/C14H18N6O/c1-10-2-3-13(19-18-10)17-11-4-6-20(7-5-11)14(21)12-8-15-9-16-12/h2-3,8-9,11H,4-7H2,1H3,(H,15,16)(H,17,19). The van der Waals surface area contributed by atoms with Gasteiger partial charge in [0.15, 0.2) is 0 Å². The Balaban J connectivity index is 1.53. The first-order chi connectivity index (χ1) is 10.2. The second kappa shape index (κ2) is 5.90. The van der Waals surface area contributed by atoms with Gasteiger partial charge in [0.25, 0.3) is 5.91 Å². The summed E-state index contributed by atoms with van der Waals surface area (Å²) in [6.07, 6.45) is 4.89. The molecule has 2 aromatic rings. The molecular formula is C14H18N6O. The van der Waals surface area contributed by atoms with Crippen LogP contribution < -0.4 is 5.32 Å². The van der Waals surface area contributed by atoms with E-state index in [-0.39, 0.29) is 5.91 Å². The summed E-state index contributed by atoms with van der Waals surface area (Å²) < 4.78 is 0. The average molecular weight is 286 g/mol. The van der Waals surface area contributed by atoms with Crippen LogP contribution >= 0.6 is 0 Å². The highest BCUT2D eigenvalue weighted by Crippen LogP contribution is 2.16. The number of nitrogens with one attached hydrogen (secondary N) is 2. The summed E-state index contributed by atoms with van der Waals surface area (Å²) in [6.45, 7) is 3.37. The number of carbonyl (C=O) groups excluding carboxylic acids is 1. The molecule has 3 rings (SSSR count). The van der Waals surface area contributed by atoms with E-state index in [4.69, 9.17) is 0 Å². The Morgan fingerprint density at radius 1 is 1.33 bits per heavy atom. The third kappa shape index (κ3) is 3.18. The number of aryl methyl sites for hydroxylation is 1. The normalized spacial score (nSPS) is 16.0. The monoisotopic (exact) mass is 286 g/mol. The number of aromatic nitrogens is 4. The highest BCUT2D eigenvalue weighted by atomic mass is 16.2. The Bertz CT molecular complexity index is 586. The number of hydrogen-bond donors (Lipinski definition) is 2. The molecule has 1 aliphatic heterocycles. The minimum Gasteiger partial charge on any atom is -0.366 e. The topological polar surface area (TPSA) is 86.8 Å². The van der Waals surface area contributed by atoms with Crippen LogP contribution in [0, 0.1) is 6.92 Å². The van der Waals surface area contributed by atoms with E-state index >= 15 is 0 Å². The van der Waals surface area contributed by atoms with Gasteiger partial charge in [-0.2, -0.15) is 5.10 Å². The van der Waals surface area contributed by atoms with Gasteiger partial charge in [-0.15, -0.1) is 5.10 Å². The van der Waals surface area contributed by atoms with Crippen LogP contribution in [0.4, 0.5) is 5.82 Å². The van der Waals surface area contributed by atoms with Crippen LogP contribution in [0.25, 0.3) is 0 Å². The lowest BCUT2D eigenvalue weighted by molar-refractivity contribution is 0.0713. The van der Waals surface area contributed by atoms with Crippen molar-refractivity contribution in [3.05, 3.63) is 36.0 Å². The minimum absolute atomic E-state index is 0.0149. The second-order valence-corrected chi connectivity index (χ2v) is 5.24. The molecule has 0 aliphatic carbocycles. The van der Waals surface area contributed by atoms with Gasteiger partial charge in [-0.25, -0.2) is 4.98 Å². The van der Waals surface area contributed by atoms with Crippen LogP contribution in [0.15, 0.2) is 24.7 Å². The molecule has 0 saturated carbocycles. The molecule has 0 unspecified atom stereocenters. The number of carbonyl (C=O) groups is 1. The zero-order chi connectivity index (χ0) is 14.7. The molecule has 0 radical (unpaired) electrons. The quantitative estimate of drug-likeness (QED) is 0.886. The molecular weight excluding hydrogens is 268 g/mol. The summed E-state index contributed by atoms with van der Waals surface area (Å²) >= 11 is 0. The number of piperidine rings is 1. The van der Waals surface area contributed by atoms with Gasteiger partial charge < -0.3 is 15.2 Å². The van der Waals surface area contributed by atoms with Crippen LogP contribution in [0.2, 0.25) is 0 Å². The van der Waals surface area contributed by atoms with Gasteiger partial charge in [0.1, 0.15) is 11.5 Å². The van der Waals surface area contributed by atoms with Gasteiger partial charge in [-0.3, -0.25) is 4.79 Å². The van der Waals surface area contributed by atoms with Crippen molar-refractivity contribution in [2.45, 2.75) is 25.8 Å². The number of rotatable bonds is 3. The van der Waals surface area contributed by atoms with E-state index in [0.717, 1.165) is 37.4 Å². The van der Waals surface area contributed by atoms with Gasteiger partial charge >= 0.3 is 0 Å². The zero-order valence-electron chi connectivity index (χ0n) is 11.9. The van der Waals surface area contributed by atoms with E-state index in [1.165, 1.54) is 6.33 Å². The number of anilines is 1. The van der Waals surface area contributed by atoms with Crippen molar-refractivity contribution in [2.24, 2.45) is 0 Å². The van der Waals surface area contributed by atoms with Crippen LogP contribution in [0.3, 0.4) is 0 Å². The lowest BCUT2D eigenvalue weighted by atomic mass is 10.0. The summed E-state index contributed by atoms with van der Waals surface area (Å²) in [7, 11) is 0. The smallest absolute Gasteiger partial charge is 0.271 e. The molecule has 1 saturated heterocycles. The van der Waals surface area contributed by atoms with Crippen molar-refractivity contribution in [3.63, 3.8) is 0 Å². The second-order valence-electron chi connectivity index (χ2n) is 5.24. The lowest BCUT2D eigenvalue weighted by Crippen LogP contribution is -2.42. The molecule has 0 aromatic carbocycles. The Morgan fingerprint density at radius 3 is 2.76 bits per heavy atom. The van der Waals surface area contributed by atoms with Crippen molar-refractivity contribution in [1.29, 1.82) is 0 Å². The molecule has 1 aliphatic rings. The molecule has 7 heteroatoms. The van der Waals surface area contributed by atoms with Gasteiger partial charge in [0.2, 0.25) is 0 Å². The van der Waals surface area contributed by atoms with Crippen LogP contribution in [0.1, 0.15) is 29.0 Å². The molecule has 110 valence electrons. The Kier molecular flexibility index (Phi) is 3.81. The SMILES string of the molecule is Cc1ccc(NC2CCN(C(=O)c3cnc[nH]3)CC2)nn1. The zero-order valence-corrected chi connectivity index (χ0v) is 11.9. The van der Waals surface area contributed by atoms with E-state index in [2.05, 4.69) is 25.5 Å². The van der Waals surface area contributed by atoms with Crippen molar-refractivity contribution in [2.75, 3.05) is 18.4 Å². The first kappa shape index (κ1) is 13.5. The molecule has 1 fully saturated rings. The first-order valence-electron chi connectivity index (χ1n) is 7.07. The van der Waals surface area contributed by atoms with Crippen LogP contribution in [-0.4, -0.2) is 50.1 Å². The maximum absolute atomic E-state index is 12.2. The summed E-state index contributed by atoms with van der Waals surface area (Å²) in [4.78, 5) is 20.8. The lowest BCUT2D eigenvalue weighted by Gasteiger charge is -2.32. The van der Waals surface area contributed by atoms with E-state index in [1.54, 1.807) is 6.20 Å².